The van der Waals surface area contributed by atoms with Gasteiger partial charge in [-0.05, 0) is 55.2 Å². The number of hydrogen-bond donors (Lipinski definition) is 0. The highest BCUT2D eigenvalue weighted by atomic mass is 16.5. The van der Waals surface area contributed by atoms with E-state index in [9.17, 15) is 19.2 Å². The largest absolute Gasteiger partial charge is 0.459 e. The van der Waals surface area contributed by atoms with Gasteiger partial charge in [0, 0.05) is 5.92 Å². The number of esters is 1. The Morgan fingerprint density at radius 3 is 1.97 bits per heavy atom. The van der Waals surface area contributed by atoms with Gasteiger partial charge in [0.05, 0.1) is 34.6 Å². The van der Waals surface area contributed by atoms with E-state index >= 15 is 0 Å². The fraction of sp³-hybridized carbons (Fsp3) is 0.267. The van der Waals surface area contributed by atoms with Crippen molar-refractivity contribution in [1.29, 1.82) is 0 Å². The van der Waals surface area contributed by atoms with Crippen LogP contribution < -0.4 is 4.90 Å². The van der Waals surface area contributed by atoms with Gasteiger partial charge in [0.2, 0.25) is 11.8 Å². The highest BCUT2D eigenvalue weighted by Crippen LogP contribution is 2.64. The zero-order valence-corrected chi connectivity index (χ0v) is 20.2. The van der Waals surface area contributed by atoms with Crippen molar-refractivity contribution in [3.63, 3.8) is 0 Å². The molecular weight excluding hydrogens is 454 g/mol. The van der Waals surface area contributed by atoms with E-state index in [0.717, 1.165) is 27.2 Å². The molecule has 1 heterocycles. The molecule has 0 spiro atoms. The molecular formula is C30H25NO5. The SMILES string of the molecule is CC(=O)C12c3ccccc3C(c3ccccc31)[C@@H]1C(=O)N(c3ccccc3C(=O)OC(C)C)C(=O)[C@@H]12. The molecule has 6 nitrogen and oxygen atoms in total. The van der Waals surface area contributed by atoms with Crippen LogP contribution >= 0.6 is 0 Å². The van der Waals surface area contributed by atoms with Crippen molar-refractivity contribution >= 4 is 29.3 Å². The number of anilines is 1. The summed E-state index contributed by atoms with van der Waals surface area (Å²) in [5.41, 5.74) is 2.45. The monoisotopic (exact) mass is 479 g/mol. The summed E-state index contributed by atoms with van der Waals surface area (Å²) in [4.78, 5) is 56.1. The van der Waals surface area contributed by atoms with Gasteiger partial charge < -0.3 is 4.74 Å². The van der Waals surface area contributed by atoms with Crippen LogP contribution in [-0.2, 0) is 24.5 Å². The van der Waals surface area contributed by atoms with Crippen molar-refractivity contribution in [3.05, 3.63) is 101 Å². The second-order valence-electron chi connectivity index (χ2n) is 10.0. The summed E-state index contributed by atoms with van der Waals surface area (Å²) in [6, 6.07) is 21.8. The molecule has 36 heavy (non-hydrogen) atoms. The normalized spacial score (nSPS) is 25.4. The van der Waals surface area contributed by atoms with Crippen molar-refractivity contribution in [1.82, 2.24) is 0 Å². The lowest BCUT2D eigenvalue weighted by Crippen LogP contribution is -2.57. The Bertz CT molecular complexity index is 1420. The molecule has 0 unspecified atom stereocenters. The first-order chi connectivity index (χ1) is 17.3. The molecule has 6 heteroatoms. The molecule has 3 aromatic carbocycles. The Morgan fingerprint density at radius 1 is 0.833 bits per heavy atom. The number of carbonyl (C=O) groups is 4. The first kappa shape index (κ1) is 22.4. The Labute approximate surface area is 208 Å². The Balaban J connectivity index is 1.59. The van der Waals surface area contributed by atoms with Gasteiger partial charge in [-0.3, -0.25) is 14.4 Å². The summed E-state index contributed by atoms with van der Waals surface area (Å²) in [6.45, 7) is 4.98. The van der Waals surface area contributed by atoms with Crippen molar-refractivity contribution in [3.8, 4) is 0 Å². The fourth-order valence-electron chi connectivity index (χ4n) is 6.73. The minimum Gasteiger partial charge on any atom is -0.459 e. The summed E-state index contributed by atoms with van der Waals surface area (Å²) >= 11 is 0. The van der Waals surface area contributed by atoms with E-state index in [1.54, 1.807) is 38.1 Å². The fourth-order valence-corrected chi connectivity index (χ4v) is 6.73. The summed E-state index contributed by atoms with van der Waals surface area (Å²) in [5, 5.41) is 0. The lowest BCUT2D eigenvalue weighted by molar-refractivity contribution is -0.132. The van der Waals surface area contributed by atoms with Gasteiger partial charge in [-0.1, -0.05) is 60.7 Å². The standard InChI is InChI=1S/C30H25NO5/c1-16(2)36-29(35)20-12-6-9-15-23(20)31-27(33)25-24-18-10-4-7-13-21(18)30(17(3)32,26(25)28(31)34)22-14-8-5-11-19(22)24/h4-16,24-26H,1-3H3/t24?,25-,26+,30?/m0/s1. The zero-order valence-electron chi connectivity index (χ0n) is 20.2. The smallest absolute Gasteiger partial charge is 0.340 e. The van der Waals surface area contributed by atoms with Gasteiger partial charge in [-0.15, -0.1) is 0 Å². The van der Waals surface area contributed by atoms with Crippen molar-refractivity contribution in [2.24, 2.45) is 11.8 Å². The van der Waals surface area contributed by atoms with Gasteiger partial charge in [0.1, 0.15) is 5.78 Å². The average molecular weight is 480 g/mol. The second kappa shape index (κ2) is 7.72. The third-order valence-corrected chi connectivity index (χ3v) is 7.88. The minimum atomic E-state index is -1.28. The van der Waals surface area contributed by atoms with E-state index < -0.39 is 35.0 Å². The predicted molar refractivity (Wildman–Crippen MR) is 133 cm³/mol. The van der Waals surface area contributed by atoms with Crippen LogP contribution in [-0.4, -0.2) is 29.7 Å². The molecule has 1 aliphatic heterocycles. The van der Waals surface area contributed by atoms with E-state index in [1.165, 1.54) is 6.92 Å². The predicted octanol–water partition coefficient (Wildman–Crippen LogP) is 4.39. The van der Waals surface area contributed by atoms with E-state index in [-0.39, 0.29) is 29.1 Å². The number of para-hydroxylation sites is 1. The molecule has 180 valence electrons. The molecule has 3 aromatic rings. The van der Waals surface area contributed by atoms with E-state index in [0.29, 0.717) is 0 Å². The molecule has 2 amide bonds. The van der Waals surface area contributed by atoms with Crippen LogP contribution in [0, 0.1) is 11.8 Å². The highest BCUT2D eigenvalue weighted by Gasteiger charge is 2.70. The zero-order chi connectivity index (χ0) is 25.4. The number of hydrogen-bond acceptors (Lipinski definition) is 5. The molecule has 1 fully saturated rings. The number of ether oxygens (including phenoxy) is 1. The maximum atomic E-state index is 14.3. The number of nitrogens with zero attached hydrogens (tertiary/aromatic N) is 1. The van der Waals surface area contributed by atoms with Gasteiger partial charge >= 0.3 is 5.97 Å². The number of carbonyl (C=O) groups excluding carboxylic acids is 4. The summed E-state index contributed by atoms with van der Waals surface area (Å²) in [6.07, 6.45) is -0.362. The third-order valence-electron chi connectivity index (χ3n) is 7.88. The Morgan fingerprint density at radius 2 is 1.39 bits per heavy atom. The van der Waals surface area contributed by atoms with Crippen LogP contribution in [0.25, 0.3) is 0 Å². The van der Waals surface area contributed by atoms with Crippen LogP contribution in [0.15, 0.2) is 72.8 Å². The third kappa shape index (κ3) is 2.67. The lowest BCUT2D eigenvalue weighted by atomic mass is 9.46. The number of imide groups is 1. The first-order valence-corrected chi connectivity index (χ1v) is 12.2. The summed E-state index contributed by atoms with van der Waals surface area (Å²) in [5.74, 6) is -3.64. The van der Waals surface area contributed by atoms with Crippen molar-refractivity contribution in [2.75, 3.05) is 4.90 Å². The van der Waals surface area contributed by atoms with E-state index in [4.69, 9.17) is 4.74 Å². The van der Waals surface area contributed by atoms with Crippen LogP contribution in [0.4, 0.5) is 5.69 Å². The van der Waals surface area contributed by atoms with Crippen molar-refractivity contribution in [2.45, 2.75) is 38.2 Å². The lowest BCUT2D eigenvalue weighted by Gasteiger charge is -2.52. The van der Waals surface area contributed by atoms with Crippen LogP contribution in [0.1, 0.15) is 59.3 Å². The summed E-state index contributed by atoms with van der Waals surface area (Å²) in [7, 11) is 0. The molecule has 3 aliphatic carbocycles. The van der Waals surface area contributed by atoms with Crippen molar-refractivity contribution < 1.29 is 23.9 Å². The van der Waals surface area contributed by atoms with Gasteiger partial charge in [0.25, 0.3) is 0 Å². The second-order valence-corrected chi connectivity index (χ2v) is 10.0. The summed E-state index contributed by atoms with van der Waals surface area (Å²) < 4.78 is 5.40. The molecule has 0 radical (unpaired) electrons. The number of amides is 2. The van der Waals surface area contributed by atoms with Gasteiger partial charge in [-0.2, -0.15) is 0 Å². The van der Waals surface area contributed by atoms with E-state index in [1.807, 2.05) is 48.5 Å². The quantitative estimate of drug-likeness (QED) is 0.410. The van der Waals surface area contributed by atoms with Gasteiger partial charge in [0.15, 0.2) is 0 Å². The topological polar surface area (TPSA) is 80.8 Å². The number of ketones is 1. The van der Waals surface area contributed by atoms with Crippen LogP contribution in [0.2, 0.25) is 0 Å². The molecule has 7 rings (SSSR count). The molecule has 0 saturated carbocycles. The molecule has 4 aliphatic rings. The maximum absolute atomic E-state index is 14.3. The Kier molecular flexibility index (Phi) is 4.80. The molecule has 2 bridgehead atoms. The minimum absolute atomic E-state index is 0.144. The highest BCUT2D eigenvalue weighted by molar-refractivity contribution is 6.27. The average Bonchev–Trinajstić information content (AvgIpc) is 3.14. The van der Waals surface area contributed by atoms with Crippen LogP contribution in [0.5, 0.6) is 0 Å². The Hall–Kier alpha value is -4.06. The van der Waals surface area contributed by atoms with E-state index in [2.05, 4.69) is 0 Å². The molecule has 2 atom stereocenters. The molecule has 1 saturated heterocycles. The van der Waals surface area contributed by atoms with Crippen LogP contribution in [0.3, 0.4) is 0 Å². The first-order valence-electron chi connectivity index (χ1n) is 12.2. The number of Topliss-reactive ketones (excluding diaryl/α,β-unsaturated/α-hetero) is 1. The van der Waals surface area contributed by atoms with Gasteiger partial charge in [-0.25, -0.2) is 9.69 Å². The molecule has 0 N–H and O–H groups in total. The number of benzene rings is 3. The molecule has 0 aromatic heterocycles. The maximum Gasteiger partial charge on any atom is 0.340 e. The number of rotatable bonds is 4.